The molecule has 0 aliphatic carbocycles. The third-order valence-electron chi connectivity index (χ3n) is 5.98. The lowest BCUT2D eigenvalue weighted by molar-refractivity contribution is -0.124. The topological polar surface area (TPSA) is 97.8 Å². The van der Waals surface area contributed by atoms with Crippen molar-refractivity contribution in [2.24, 2.45) is 10.9 Å². The van der Waals surface area contributed by atoms with Crippen molar-refractivity contribution in [1.29, 1.82) is 0 Å². The molecule has 2 aromatic rings. The molecule has 3 N–H and O–H groups in total. The Morgan fingerprint density at radius 1 is 1.38 bits per heavy atom. The number of aliphatic hydroxyl groups excluding tert-OH is 1. The normalized spacial score (nSPS) is 22.3. The molecule has 0 saturated carbocycles. The molecule has 2 atom stereocenters. The predicted octanol–water partition coefficient (Wildman–Crippen LogP) is 2.08. The number of anilines is 1. The van der Waals surface area contributed by atoms with Crippen molar-refractivity contribution in [2.45, 2.75) is 45.2 Å². The summed E-state index contributed by atoms with van der Waals surface area (Å²) in [7, 11) is 1.91. The van der Waals surface area contributed by atoms with E-state index in [1.165, 1.54) is 0 Å². The van der Waals surface area contributed by atoms with E-state index in [4.69, 9.17) is 0 Å². The van der Waals surface area contributed by atoms with Gasteiger partial charge in [-0.15, -0.1) is 0 Å². The summed E-state index contributed by atoms with van der Waals surface area (Å²) in [5.74, 6) is -0.116. The average Bonchev–Trinajstić information content (AvgIpc) is 3.34. The van der Waals surface area contributed by atoms with Gasteiger partial charge in [-0.1, -0.05) is 19.9 Å². The van der Waals surface area contributed by atoms with Crippen LogP contribution in [0.25, 0.3) is 10.9 Å². The second kappa shape index (κ2) is 7.63. The third-order valence-corrected chi connectivity index (χ3v) is 5.98. The quantitative estimate of drug-likeness (QED) is 0.689. The maximum absolute atomic E-state index is 13.2. The van der Waals surface area contributed by atoms with Crippen LogP contribution in [-0.2, 0) is 11.2 Å². The molecule has 3 heterocycles. The van der Waals surface area contributed by atoms with E-state index in [1.807, 2.05) is 44.0 Å². The second-order valence-corrected chi connectivity index (χ2v) is 8.33. The van der Waals surface area contributed by atoms with Crippen LogP contribution in [0, 0.1) is 5.92 Å². The standard InChI is InChI=1S/C22H28N4O3/c1-12(2)20-22(29)24-13(11-27)10-14-18-15(6-4-8-17(18)26(20)3)25-19(14)21(28)16-7-5-9-23-16/h4,6,8,12-13,20,25,27H,5,7,9-11H2,1-3H3,(H,24,29)/t13-,20?/m0/s1. The van der Waals surface area contributed by atoms with Crippen molar-refractivity contribution >= 4 is 34.0 Å². The van der Waals surface area contributed by atoms with Crippen LogP contribution >= 0.6 is 0 Å². The van der Waals surface area contributed by atoms with Crippen molar-refractivity contribution in [2.75, 3.05) is 25.1 Å². The van der Waals surface area contributed by atoms with Gasteiger partial charge in [0.25, 0.3) is 0 Å². The van der Waals surface area contributed by atoms with Crippen molar-refractivity contribution in [3.05, 3.63) is 29.5 Å². The number of rotatable bonds is 4. The Morgan fingerprint density at radius 2 is 2.17 bits per heavy atom. The monoisotopic (exact) mass is 396 g/mol. The number of nitrogens with zero attached hydrogens (tertiary/aromatic N) is 2. The number of benzene rings is 1. The zero-order valence-electron chi connectivity index (χ0n) is 17.2. The fourth-order valence-electron chi connectivity index (χ4n) is 4.63. The minimum atomic E-state index is -0.459. The van der Waals surface area contributed by atoms with Crippen molar-refractivity contribution in [3.8, 4) is 0 Å². The fourth-order valence-corrected chi connectivity index (χ4v) is 4.63. The summed E-state index contributed by atoms with van der Waals surface area (Å²) in [5, 5.41) is 13.9. The van der Waals surface area contributed by atoms with Gasteiger partial charge < -0.3 is 20.3 Å². The smallest absolute Gasteiger partial charge is 0.243 e. The SMILES string of the molecule is CC(C)C1C(=O)N[C@H](CO)Cc2c(C(=O)C3=NCCC3)[nH]c3cccc(c23)N1C. The molecule has 7 nitrogen and oxygen atoms in total. The highest BCUT2D eigenvalue weighted by molar-refractivity contribution is 6.46. The Hall–Kier alpha value is -2.67. The van der Waals surface area contributed by atoms with Crippen molar-refractivity contribution in [1.82, 2.24) is 10.3 Å². The summed E-state index contributed by atoms with van der Waals surface area (Å²) in [6, 6.07) is 5.04. The molecule has 29 heavy (non-hydrogen) atoms. The lowest BCUT2D eigenvalue weighted by atomic mass is 9.98. The molecule has 0 spiro atoms. The number of carbonyl (C=O) groups excluding carboxylic acids is 2. The molecule has 4 rings (SSSR count). The number of H-pyrrole nitrogens is 1. The third kappa shape index (κ3) is 3.33. The number of hydrogen-bond donors (Lipinski definition) is 3. The first kappa shape index (κ1) is 19.6. The molecule has 2 aliphatic heterocycles. The molecular formula is C22H28N4O3. The molecule has 0 saturated heterocycles. The summed E-state index contributed by atoms with van der Waals surface area (Å²) in [6.45, 7) is 4.52. The molecule has 2 aliphatic rings. The Balaban J connectivity index is 1.94. The van der Waals surface area contributed by atoms with Gasteiger partial charge in [0, 0.05) is 30.2 Å². The number of likely N-dealkylation sites (N-methyl/N-ethyl adjacent to an activating group) is 1. The first-order valence-corrected chi connectivity index (χ1v) is 10.3. The molecule has 1 amide bonds. The summed E-state index contributed by atoms with van der Waals surface area (Å²) < 4.78 is 0. The molecule has 1 unspecified atom stereocenters. The van der Waals surface area contributed by atoms with Crippen molar-refractivity contribution in [3.63, 3.8) is 0 Å². The number of aromatic nitrogens is 1. The largest absolute Gasteiger partial charge is 0.394 e. The van der Waals surface area contributed by atoms with Gasteiger partial charge in [0.05, 0.1) is 24.1 Å². The van der Waals surface area contributed by atoms with E-state index in [-0.39, 0.29) is 30.3 Å². The van der Waals surface area contributed by atoms with Gasteiger partial charge in [0.1, 0.15) is 6.04 Å². The number of nitrogens with one attached hydrogen (secondary N) is 2. The van der Waals surface area contributed by atoms with Crippen LogP contribution in [0.2, 0.25) is 0 Å². The molecular weight excluding hydrogens is 368 g/mol. The Labute approximate surface area is 170 Å². The zero-order chi connectivity index (χ0) is 20.7. The van der Waals surface area contributed by atoms with E-state index in [2.05, 4.69) is 15.3 Å². The summed E-state index contributed by atoms with van der Waals surface area (Å²) in [4.78, 5) is 35.9. The summed E-state index contributed by atoms with van der Waals surface area (Å²) in [5.41, 5.74) is 3.74. The lowest BCUT2D eigenvalue weighted by Crippen LogP contribution is -2.52. The number of ketones is 1. The molecule has 0 fully saturated rings. The number of aliphatic hydroxyl groups is 1. The highest BCUT2D eigenvalue weighted by Gasteiger charge is 2.34. The average molecular weight is 396 g/mol. The van der Waals surface area contributed by atoms with Crippen LogP contribution in [0.5, 0.6) is 0 Å². The summed E-state index contributed by atoms with van der Waals surface area (Å²) >= 11 is 0. The zero-order valence-corrected chi connectivity index (χ0v) is 17.2. The van der Waals surface area contributed by atoms with E-state index >= 15 is 0 Å². The van der Waals surface area contributed by atoms with E-state index < -0.39 is 6.04 Å². The van der Waals surface area contributed by atoms with E-state index in [0.29, 0.717) is 30.8 Å². The number of hydrogen-bond acceptors (Lipinski definition) is 5. The number of aromatic amines is 1. The van der Waals surface area contributed by atoms with Gasteiger partial charge in [-0.2, -0.15) is 0 Å². The molecule has 1 aromatic carbocycles. The second-order valence-electron chi connectivity index (χ2n) is 8.33. The minimum Gasteiger partial charge on any atom is -0.394 e. The molecule has 7 heteroatoms. The minimum absolute atomic E-state index is 0.0732. The van der Waals surface area contributed by atoms with Crippen LogP contribution in [0.4, 0.5) is 5.69 Å². The Morgan fingerprint density at radius 3 is 2.83 bits per heavy atom. The number of Topliss-reactive ketones (excluding diaryl/α,β-unsaturated/α-hetero) is 1. The maximum Gasteiger partial charge on any atom is 0.243 e. The number of carbonyl (C=O) groups is 2. The number of aliphatic imine (C=N–C) groups is 1. The van der Waals surface area contributed by atoms with E-state index in [9.17, 15) is 14.7 Å². The predicted molar refractivity (Wildman–Crippen MR) is 114 cm³/mol. The van der Waals surface area contributed by atoms with Gasteiger partial charge in [-0.3, -0.25) is 14.6 Å². The Bertz CT molecular complexity index is 991. The first-order valence-electron chi connectivity index (χ1n) is 10.3. The lowest BCUT2D eigenvalue weighted by Gasteiger charge is -2.32. The van der Waals surface area contributed by atoms with Crippen LogP contribution < -0.4 is 10.2 Å². The molecule has 154 valence electrons. The highest BCUT2D eigenvalue weighted by atomic mass is 16.3. The van der Waals surface area contributed by atoms with Gasteiger partial charge in [0.2, 0.25) is 11.7 Å². The van der Waals surface area contributed by atoms with Gasteiger partial charge in [-0.25, -0.2) is 0 Å². The number of amides is 1. The van der Waals surface area contributed by atoms with Gasteiger partial charge >= 0.3 is 0 Å². The molecule has 0 bridgehead atoms. The molecule has 1 aromatic heterocycles. The fraction of sp³-hybridized carbons (Fsp3) is 0.500. The van der Waals surface area contributed by atoms with Crippen LogP contribution in [0.1, 0.15) is 42.7 Å². The van der Waals surface area contributed by atoms with E-state index in [1.54, 1.807) is 0 Å². The maximum atomic E-state index is 13.2. The van der Waals surface area contributed by atoms with Crippen LogP contribution in [0.3, 0.4) is 0 Å². The van der Waals surface area contributed by atoms with Crippen LogP contribution in [-0.4, -0.2) is 59.8 Å². The summed E-state index contributed by atoms with van der Waals surface area (Å²) in [6.07, 6.45) is 1.97. The van der Waals surface area contributed by atoms with Gasteiger partial charge in [-0.05, 0) is 42.9 Å². The Kier molecular flexibility index (Phi) is 5.17. The first-order chi connectivity index (χ1) is 13.9. The van der Waals surface area contributed by atoms with Gasteiger partial charge in [0.15, 0.2) is 0 Å². The van der Waals surface area contributed by atoms with E-state index in [0.717, 1.165) is 28.6 Å². The van der Waals surface area contributed by atoms with Crippen LogP contribution in [0.15, 0.2) is 23.2 Å². The highest BCUT2D eigenvalue weighted by Crippen LogP contribution is 2.35. The molecule has 0 radical (unpaired) electrons. The van der Waals surface area contributed by atoms with Crippen molar-refractivity contribution < 1.29 is 14.7 Å².